The Morgan fingerprint density at radius 3 is 1.78 bits per heavy atom. The molecule has 0 saturated carbocycles. The monoisotopic (exact) mass is 140 g/mol. The van der Waals surface area contributed by atoms with Crippen LogP contribution in [0.2, 0.25) is 0 Å². The molecule has 0 aliphatic rings. The fourth-order valence-corrected chi connectivity index (χ4v) is 0.116. The molecule has 0 rings (SSSR count). The fraction of sp³-hybridized carbons (Fsp3) is 0.600. The zero-order chi connectivity index (χ0) is 7.71. The smallest absolute Gasteiger partial charge is 0.377 e. The molecule has 9 heavy (non-hydrogen) atoms. The Balaban J connectivity index is 4.32. The lowest BCUT2D eigenvalue weighted by atomic mass is 10.1. The Labute approximate surface area is 50.8 Å². The molecule has 0 aromatic rings. The minimum Gasteiger partial charge on any atom is -0.377 e. The molecule has 1 atom stereocenters. The average molecular weight is 140 g/mol. The summed E-state index contributed by atoms with van der Waals surface area (Å²) in [5, 5.41) is 8.42. The first kappa shape index (κ1) is 8.49. The van der Waals surface area contributed by atoms with Crippen LogP contribution in [0.4, 0.5) is 13.2 Å². The summed E-state index contributed by atoms with van der Waals surface area (Å²) < 4.78 is 34.5. The van der Waals surface area contributed by atoms with Crippen molar-refractivity contribution in [1.82, 2.24) is 0 Å². The van der Waals surface area contributed by atoms with Crippen molar-refractivity contribution < 1.29 is 18.3 Å². The highest BCUT2D eigenvalue weighted by Gasteiger charge is 2.47. The summed E-state index contributed by atoms with van der Waals surface area (Å²) in [5.74, 6) is 0. The number of aliphatic hydroxyl groups is 1. The number of hydrogen-bond donors (Lipinski definition) is 1. The van der Waals surface area contributed by atoms with Crippen LogP contribution in [-0.2, 0) is 0 Å². The molecule has 0 amide bonds. The van der Waals surface area contributed by atoms with E-state index in [1.165, 1.54) is 0 Å². The number of alkyl halides is 3. The normalized spacial score (nSPS) is 18.8. The quantitative estimate of drug-likeness (QED) is 0.547. The molecule has 0 aliphatic heterocycles. The molecule has 0 aromatic carbocycles. The summed E-state index contributed by atoms with van der Waals surface area (Å²) in [6.07, 6.45) is -4.16. The Morgan fingerprint density at radius 2 is 1.78 bits per heavy atom. The summed E-state index contributed by atoms with van der Waals surface area (Å²) in [6.45, 7) is 3.47. The minimum absolute atomic E-state index is 0.451. The van der Waals surface area contributed by atoms with Crippen molar-refractivity contribution in [3.8, 4) is 0 Å². The van der Waals surface area contributed by atoms with Gasteiger partial charge in [-0.2, -0.15) is 13.2 Å². The zero-order valence-electron chi connectivity index (χ0n) is 4.87. The van der Waals surface area contributed by atoms with Crippen LogP contribution in [0.15, 0.2) is 12.7 Å². The Kier molecular flexibility index (Phi) is 1.91. The second-order valence-electron chi connectivity index (χ2n) is 1.85. The fourth-order valence-electron chi connectivity index (χ4n) is 0.116. The topological polar surface area (TPSA) is 20.2 Å². The van der Waals surface area contributed by atoms with Crippen LogP contribution in [0.3, 0.4) is 0 Å². The Bertz CT molecular complexity index is 114. The predicted octanol–water partition coefficient (Wildman–Crippen LogP) is 1.49. The van der Waals surface area contributed by atoms with Crippen LogP contribution in [0.25, 0.3) is 0 Å². The van der Waals surface area contributed by atoms with Crippen molar-refractivity contribution in [1.29, 1.82) is 0 Å². The summed E-state index contributed by atoms with van der Waals surface area (Å²) in [5.41, 5.74) is -2.76. The van der Waals surface area contributed by atoms with Crippen LogP contribution in [-0.4, -0.2) is 16.9 Å². The Hall–Kier alpha value is -0.510. The highest BCUT2D eigenvalue weighted by molar-refractivity contribution is 4.97. The molecule has 0 heterocycles. The second-order valence-corrected chi connectivity index (χ2v) is 1.85. The van der Waals surface area contributed by atoms with Gasteiger partial charge in [0, 0.05) is 0 Å². The van der Waals surface area contributed by atoms with Crippen molar-refractivity contribution in [2.75, 3.05) is 0 Å². The molecule has 0 aromatic heterocycles. The van der Waals surface area contributed by atoms with Gasteiger partial charge in [0.25, 0.3) is 0 Å². The van der Waals surface area contributed by atoms with Crippen LogP contribution >= 0.6 is 0 Å². The van der Waals surface area contributed by atoms with E-state index in [4.69, 9.17) is 5.11 Å². The lowest BCUT2D eigenvalue weighted by Crippen LogP contribution is -2.39. The van der Waals surface area contributed by atoms with E-state index in [1.807, 2.05) is 0 Å². The minimum atomic E-state index is -4.62. The van der Waals surface area contributed by atoms with E-state index in [1.54, 1.807) is 0 Å². The van der Waals surface area contributed by atoms with Crippen molar-refractivity contribution in [2.45, 2.75) is 18.7 Å². The van der Waals surface area contributed by atoms with E-state index in [9.17, 15) is 13.2 Å². The number of hydrogen-bond acceptors (Lipinski definition) is 1. The first-order valence-corrected chi connectivity index (χ1v) is 2.24. The molecule has 0 aliphatic carbocycles. The maximum Gasteiger partial charge on any atom is 0.420 e. The summed E-state index contributed by atoms with van der Waals surface area (Å²) >= 11 is 0. The molecule has 0 radical (unpaired) electrons. The van der Waals surface area contributed by atoms with E-state index < -0.39 is 11.8 Å². The lowest BCUT2D eigenvalue weighted by Gasteiger charge is -2.21. The first-order chi connectivity index (χ1) is 3.81. The SMILES string of the molecule is C=CC(C)(O)C(F)(F)F. The molecule has 54 valence electrons. The summed E-state index contributed by atoms with van der Waals surface area (Å²) in [6, 6.07) is 0. The van der Waals surface area contributed by atoms with E-state index in [0.29, 0.717) is 13.0 Å². The predicted molar refractivity (Wildman–Crippen MR) is 26.9 cm³/mol. The zero-order valence-corrected chi connectivity index (χ0v) is 4.87. The van der Waals surface area contributed by atoms with E-state index in [-0.39, 0.29) is 0 Å². The van der Waals surface area contributed by atoms with Crippen molar-refractivity contribution >= 4 is 0 Å². The van der Waals surface area contributed by atoms with Gasteiger partial charge >= 0.3 is 6.18 Å². The van der Waals surface area contributed by atoms with Gasteiger partial charge in [-0.25, -0.2) is 0 Å². The van der Waals surface area contributed by atoms with Crippen LogP contribution < -0.4 is 0 Å². The molecule has 4 heteroatoms. The van der Waals surface area contributed by atoms with Gasteiger partial charge in [-0.05, 0) is 6.92 Å². The molecule has 0 fully saturated rings. The molecular weight excluding hydrogens is 133 g/mol. The average Bonchev–Trinajstić information content (AvgIpc) is 1.64. The summed E-state index contributed by atoms with van der Waals surface area (Å²) in [4.78, 5) is 0. The molecule has 1 nitrogen and oxygen atoms in total. The molecule has 1 unspecified atom stereocenters. The van der Waals surface area contributed by atoms with Crippen LogP contribution in [0.1, 0.15) is 6.92 Å². The second kappa shape index (κ2) is 2.02. The Morgan fingerprint density at radius 1 is 1.44 bits per heavy atom. The van der Waals surface area contributed by atoms with Gasteiger partial charge in [0.05, 0.1) is 0 Å². The molecule has 0 spiro atoms. The largest absolute Gasteiger partial charge is 0.420 e. The lowest BCUT2D eigenvalue weighted by molar-refractivity contribution is -0.232. The maximum absolute atomic E-state index is 11.5. The standard InChI is InChI=1S/C5H7F3O/c1-3-4(2,9)5(6,7)8/h3,9H,1H2,2H3. The highest BCUT2D eigenvalue weighted by atomic mass is 19.4. The third-order valence-corrected chi connectivity index (χ3v) is 0.971. The molecule has 1 N–H and O–H groups in total. The third kappa shape index (κ3) is 1.71. The van der Waals surface area contributed by atoms with Gasteiger partial charge in [0.2, 0.25) is 0 Å². The maximum atomic E-state index is 11.5. The van der Waals surface area contributed by atoms with Crippen molar-refractivity contribution in [2.24, 2.45) is 0 Å². The summed E-state index contributed by atoms with van der Waals surface area (Å²) in [7, 11) is 0. The van der Waals surface area contributed by atoms with E-state index in [0.717, 1.165) is 0 Å². The third-order valence-electron chi connectivity index (χ3n) is 0.971. The van der Waals surface area contributed by atoms with Gasteiger partial charge in [-0.3, -0.25) is 0 Å². The van der Waals surface area contributed by atoms with Crippen LogP contribution in [0, 0.1) is 0 Å². The molecule has 0 bridgehead atoms. The van der Waals surface area contributed by atoms with Gasteiger partial charge in [-0.1, -0.05) is 12.7 Å². The van der Waals surface area contributed by atoms with Gasteiger partial charge in [0.15, 0.2) is 5.60 Å². The molecular formula is C5H7F3O. The van der Waals surface area contributed by atoms with Crippen LogP contribution in [0.5, 0.6) is 0 Å². The van der Waals surface area contributed by atoms with Crippen molar-refractivity contribution in [3.05, 3.63) is 12.7 Å². The number of rotatable bonds is 1. The van der Waals surface area contributed by atoms with Gasteiger partial charge in [0.1, 0.15) is 0 Å². The van der Waals surface area contributed by atoms with Gasteiger partial charge < -0.3 is 5.11 Å². The first-order valence-electron chi connectivity index (χ1n) is 2.24. The van der Waals surface area contributed by atoms with Gasteiger partial charge in [-0.15, -0.1) is 0 Å². The van der Waals surface area contributed by atoms with Crippen molar-refractivity contribution in [3.63, 3.8) is 0 Å². The number of halogens is 3. The van der Waals surface area contributed by atoms with E-state index in [2.05, 4.69) is 6.58 Å². The van der Waals surface area contributed by atoms with E-state index >= 15 is 0 Å². The molecule has 0 saturated heterocycles. The highest BCUT2D eigenvalue weighted by Crippen LogP contribution is 2.30.